The summed E-state index contributed by atoms with van der Waals surface area (Å²) in [6.45, 7) is 1.64. The van der Waals surface area contributed by atoms with Crippen LogP contribution >= 0.6 is 0 Å². The first-order valence-electron chi connectivity index (χ1n) is 14.8. The van der Waals surface area contributed by atoms with Crippen LogP contribution in [0.5, 0.6) is 0 Å². The number of nitrogens with zero attached hydrogens (tertiary/aromatic N) is 4. The molecule has 1 amide bonds. The molecule has 0 bridgehead atoms. The summed E-state index contributed by atoms with van der Waals surface area (Å²) in [7, 11) is 0. The van der Waals surface area contributed by atoms with Crippen LogP contribution in [-0.2, 0) is 4.74 Å². The number of aliphatic hydroxyl groups excluding tert-OH is 2. The number of aromatic nitrogens is 4. The van der Waals surface area contributed by atoms with Gasteiger partial charge in [-0.3, -0.25) is 9.36 Å². The van der Waals surface area contributed by atoms with Gasteiger partial charge >= 0.3 is 0 Å². The number of imidazole rings is 1. The van der Waals surface area contributed by atoms with Gasteiger partial charge in [-0.15, -0.1) is 0 Å². The van der Waals surface area contributed by atoms with E-state index in [1.807, 2.05) is 60.7 Å². The normalized spacial score (nSPS) is 20.3. The lowest BCUT2D eigenvalue weighted by molar-refractivity contribution is -0.0440. The molecule has 0 saturated carbocycles. The third kappa shape index (κ3) is 5.40. The van der Waals surface area contributed by atoms with Crippen LogP contribution in [0.15, 0.2) is 110 Å². The first-order chi connectivity index (χ1) is 22.0. The first-order valence-corrected chi connectivity index (χ1v) is 14.8. The Labute approximate surface area is 259 Å². The molecular weight excluding hydrogens is 568 g/mol. The van der Waals surface area contributed by atoms with Crippen molar-refractivity contribution in [3.8, 4) is 11.1 Å². The van der Waals surface area contributed by atoms with Crippen molar-refractivity contribution in [2.45, 2.75) is 37.4 Å². The number of ether oxygens (including phenoxy) is 1. The Balaban J connectivity index is 1.15. The molecule has 0 unspecified atom stereocenters. The molecule has 10 heteroatoms. The number of carbonyl (C=O) groups is 1. The second-order valence-electron chi connectivity index (χ2n) is 11.2. The number of nitrogens with one attached hydrogen (secondary N) is 2. The van der Waals surface area contributed by atoms with Gasteiger partial charge in [0.15, 0.2) is 23.2 Å². The van der Waals surface area contributed by atoms with E-state index in [0.29, 0.717) is 22.5 Å². The van der Waals surface area contributed by atoms with Gasteiger partial charge in [0.25, 0.3) is 5.91 Å². The van der Waals surface area contributed by atoms with Crippen molar-refractivity contribution in [3.05, 3.63) is 121 Å². The van der Waals surface area contributed by atoms with Crippen molar-refractivity contribution in [1.82, 2.24) is 24.8 Å². The van der Waals surface area contributed by atoms with Crippen LogP contribution in [0, 0.1) is 0 Å². The molecule has 0 spiro atoms. The molecule has 4 aromatic carbocycles. The zero-order chi connectivity index (χ0) is 30.9. The van der Waals surface area contributed by atoms with Crippen molar-refractivity contribution in [1.29, 1.82) is 0 Å². The van der Waals surface area contributed by atoms with Gasteiger partial charge in [0.05, 0.1) is 19.0 Å². The summed E-state index contributed by atoms with van der Waals surface area (Å²) in [4.78, 5) is 26.9. The maximum atomic E-state index is 13.4. The highest BCUT2D eigenvalue weighted by Gasteiger charge is 2.46. The van der Waals surface area contributed by atoms with Gasteiger partial charge < -0.3 is 25.6 Å². The van der Waals surface area contributed by atoms with Gasteiger partial charge in [-0.05, 0) is 46.5 Å². The minimum Gasteiger partial charge on any atom is -0.394 e. The van der Waals surface area contributed by atoms with Gasteiger partial charge in [0, 0.05) is 5.56 Å². The maximum absolute atomic E-state index is 13.4. The van der Waals surface area contributed by atoms with Crippen molar-refractivity contribution in [3.63, 3.8) is 0 Å². The fraction of sp³-hybridized carbons (Fsp3) is 0.200. The molecule has 226 valence electrons. The fourth-order valence-corrected chi connectivity index (χ4v) is 6.02. The number of hydrogen-bond donors (Lipinski definition) is 4. The second kappa shape index (κ2) is 12.1. The van der Waals surface area contributed by atoms with Crippen LogP contribution in [-0.4, -0.2) is 60.5 Å². The van der Waals surface area contributed by atoms with Gasteiger partial charge in [0.1, 0.15) is 24.6 Å². The molecule has 1 aliphatic heterocycles. The van der Waals surface area contributed by atoms with Gasteiger partial charge in [0.2, 0.25) is 0 Å². The smallest absolute Gasteiger partial charge is 0.251 e. The highest BCUT2D eigenvalue weighted by Crippen LogP contribution is 2.34. The topological polar surface area (TPSA) is 134 Å². The zero-order valence-corrected chi connectivity index (χ0v) is 24.5. The minimum atomic E-state index is -1.17. The monoisotopic (exact) mass is 600 g/mol. The van der Waals surface area contributed by atoms with E-state index in [9.17, 15) is 15.0 Å². The minimum absolute atomic E-state index is 0.0945. The summed E-state index contributed by atoms with van der Waals surface area (Å²) >= 11 is 0. The Morgan fingerprint density at radius 3 is 2.44 bits per heavy atom. The second-order valence-corrected chi connectivity index (χ2v) is 11.2. The molecule has 3 heterocycles. The average Bonchev–Trinajstić information content (AvgIpc) is 3.65. The third-order valence-corrected chi connectivity index (χ3v) is 8.38. The number of carbonyl (C=O) groups excluding carboxylic acids is 1. The maximum Gasteiger partial charge on any atom is 0.251 e. The summed E-state index contributed by atoms with van der Waals surface area (Å²) in [5.74, 6) is 0.159. The molecule has 10 nitrogen and oxygen atoms in total. The Morgan fingerprint density at radius 1 is 0.911 bits per heavy atom. The standard InChI is InChI=1S/C35H32N6O4/c1-21(26-13-7-11-24-10-5-6-12-27(24)26)39-32-30-33(37-19-36-32)41(20-38-30)35-29(31(43)28(18-42)45-35)40-34(44)25-16-14-23(15-17-25)22-8-3-2-4-9-22/h2-17,19-21,28-29,31,35,42-43H,18H2,1H3,(H,40,44)(H,36,37,39)/t21-,28-,29-,31-,35-/m1/s1. The quantitative estimate of drug-likeness (QED) is 0.195. The first kappa shape index (κ1) is 28.6. The molecule has 0 radical (unpaired) electrons. The van der Waals surface area contributed by atoms with Crippen molar-refractivity contribution in [2.24, 2.45) is 0 Å². The Hall–Kier alpha value is -5.16. The summed E-state index contributed by atoms with van der Waals surface area (Å²) in [5, 5.41) is 29.7. The van der Waals surface area contributed by atoms with E-state index in [0.717, 1.165) is 27.5 Å². The summed E-state index contributed by atoms with van der Waals surface area (Å²) in [5.41, 5.74) is 4.55. The van der Waals surface area contributed by atoms with Gasteiger partial charge in [-0.2, -0.15) is 0 Å². The number of fused-ring (bicyclic) bond motifs is 2. The molecule has 7 rings (SSSR count). The molecule has 1 aliphatic rings. The summed E-state index contributed by atoms with van der Waals surface area (Å²) < 4.78 is 7.73. The fourth-order valence-electron chi connectivity index (χ4n) is 6.02. The molecule has 5 atom stereocenters. The van der Waals surface area contributed by atoms with Crippen molar-refractivity contribution >= 4 is 33.7 Å². The highest BCUT2D eigenvalue weighted by molar-refractivity contribution is 5.95. The van der Waals surface area contributed by atoms with Crippen LogP contribution in [0.2, 0.25) is 0 Å². The van der Waals surface area contributed by atoms with E-state index < -0.39 is 31.1 Å². The molecule has 4 N–H and O–H groups in total. The average molecular weight is 601 g/mol. The van der Waals surface area contributed by atoms with E-state index >= 15 is 0 Å². The van der Waals surface area contributed by atoms with Crippen LogP contribution in [0.4, 0.5) is 5.82 Å². The van der Waals surface area contributed by atoms with E-state index in [1.54, 1.807) is 23.0 Å². The number of anilines is 1. The van der Waals surface area contributed by atoms with Crippen LogP contribution < -0.4 is 10.6 Å². The SMILES string of the molecule is C[C@@H](Nc1ncnc2c1ncn2[C@@H]1O[C@H](CO)[C@@H](O)[C@H]1NC(=O)c1ccc(-c2ccccc2)cc1)c1cccc2ccccc12. The largest absolute Gasteiger partial charge is 0.394 e. The molecule has 0 aliphatic carbocycles. The number of aliphatic hydroxyl groups is 2. The third-order valence-electron chi connectivity index (χ3n) is 8.38. The molecule has 1 fully saturated rings. The Bertz CT molecular complexity index is 1960. The number of benzene rings is 4. The zero-order valence-electron chi connectivity index (χ0n) is 24.5. The molecule has 6 aromatic rings. The Kier molecular flexibility index (Phi) is 7.68. The lowest BCUT2D eigenvalue weighted by atomic mass is 10.00. The van der Waals surface area contributed by atoms with E-state index in [1.165, 1.54) is 6.33 Å². The van der Waals surface area contributed by atoms with Crippen LogP contribution in [0.1, 0.15) is 35.1 Å². The highest BCUT2D eigenvalue weighted by atomic mass is 16.5. The number of hydrogen-bond acceptors (Lipinski definition) is 8. The lowest BCUT2D eigenvalue weighted by Crippen LogP contribution is -2.46. The molecule has 1 saturated heterocycles. The summed E-state index contributed by atoms with van der Waals surface area (Å²) in [6.07, 6.45) is 0.0285. The molecular formula is C35H32N6O4. The van der Waals surface area contributed by atoms with Gasteiger partial charge in [-0.1, -0.05) is 84.9 Å². The van der Waals surface area contributed by atoms with Gasteiger partial charge in [-0.25, -0.2) is 15.0 Å². The predicted octanol–water partition coefficient (Wildman–Crippen LogP) is 4.87. The van der Waals surface area contributed by atoms with Crippen LogP contribution in [0.3, 0.4) is 0 Å². The van der Waals surface area contributed by atoms with E-state index in [2.05, 4.69) is 56.8 Å². The molecule has 45 heavy (non-hydrogen) atoms. The van der Waals surface area contributed by atoms with Crippen molar-refractivity contribution < 1.29 is 19.7 Å². The van der Waals surface area contributed by atoms with E-state index in [4.69, 9.17) is 4.74 Å². The number of amides is 1. The lowest BCUT2D eigenvalue weighted by Gasteiger charge is -2.23. The van der Waals surface area contributed by atoms with E-state index in [-0.39, 0.29) is 11.9 Å². The Morgan fingerprint density at radius 2 is 1.64 bits per heavy atom. The molecule has 2 aromatic heterocycles. The van der Waals surface area contributed by atoms with Crippen LogP contribution in [0.25, 0.3) is 33.1 Å². The number of rotatable bonds is 8. The van der Waals surface area contributed by atoms with Crippen molar-refractivity contribution in [2.75, 3.05) is 11.9 Å². The predicted molar refractivity (Wildman–Crippen MR) is 171 cm³/mol. The summed E-state index contributed by atoms with van der Waals surface area (Å²) in [6, 6.07) is 30.6.